The molecule has 0 aliphatic heterocycles. The van der Waals surface area contributed by atoms with Crippen LogP contribution >= 0.6 is 0 Å². The van der Waals surface area contributed by atoms with E-state index in [0.29, 0.717) is 18.2 Å². The second-order valence-electron chi connectivity index (χ2n) is 3.96. The first kappa shape index (κ1) is 11.4. The van der Waals surface area contributed by atoms with Crippen molar-refractivity contribution in [3.8, 4) is 5.75 Å². The Balaban J connectivity index is 2.09. The Hall–Kier alpha value is -2.10. The molecule has 0 aliphatic carbocycles. The summed E-state index contributed by atoms with van der Waals surface area (Å²) >= 11 is 0. The number of hydrogen-bond donors (Lipinski definition) is 1. The van der Waals surface area contributed by atoms with E-state index >= 15 is 0 Å². The predicted octanol–water partition coefficient (Wildman–Crippen LogP) is 2.25. The van der Waals surface area contributed by atoms with Crippen LogP contribution in [0.15, 0.2) is 30.5 Å². The van der Waals surface area contributed by atoms with Gasteiger partial charge in [-0.05, 0) is 37.1 Å². The Morgan fingerprint density at radius 2 is 2.06 bits per heavy atom. The minimum absolute atomic E-state index is 0.329. The Labute approximate surface area is 100 Å². The van der Waals surface area contributed by atoms with E-state index in [9.17, 15) is 0 Å². The maximum absolute atomic E-state index is 5.68. The molecule has 4 nitrogen and oxygen atoms in total. The number of hydrogen-bond acceptors (Lipinski definition) is 4. The number of rotatable bonds is 3. The monoisotopic (exact) mass is 229 g/mol. The number of aromatic nitrogens is 2. The van der Waals surface area contributed by atoms with Gasteiger partial charge in [-0.25, -0.2) is 9.97 Å². The molecule has 88 valence electrons. The fraction of sp³-hybridized carbons (Fsp3) is 0.231. The summed E-state index contributed by atoms with van der Waals surface area (Å²) in [4.78, 5) is 8.17. The summed E-state index contributed by atoms with van der Waals surface area (Å²) in [6.07, 6.45) is 1.63. The molecule has 1 aromatic carbocycles. The van der Waals surface area contributed by atoms with Crippen LogP contribution in [0.2, 0.25) is 0 Å². The highest BCUT2D eigenvalue weighted by atomic mass is 16.5. The lowest BCUT2D eigenvalue weighted by Crippen LogP contribution is -2.04. The Kier molecular flexibility index (Phi) is 3.23. The van der Waals surface area contributed by atoms with Crippen LogP contribution in [0.25, 0.3) is 0 Å². The zero-order valence-electron chi connectivity index (χ0n) is 9.97. The lowest BCUT2D eigenvalue weighted by molar-refractivity contribution is 0.294. The second-order valence-corrected chi connectivity index (χ2v) is 3.96. The lowest BCUT2D eigenvalue weighted by atomic mass is 10.1. The summed E-state index contributed by atoms with van der Waals surface area (Å²) in [5, 5.41) is 0. The Bertz CT molecular complexity index is 526. The molecule has 0 amide bonds. The topological polar surface area (TPSA) is 61.0 Å². The quantitative estimate of drug-likeness (QED) is 0.876. The van der Waals surface area contributed by atoms with Crippen molar-refractivity contribution in [1.29, 1.82) is 0 Å². The molecular weight excluding hydrogens is 214 g/mol. The molecule has 0 spiro atoms. The largest absolute Gasteiger partial charge is 0.485 e. The number of aryl methyl sites for hydroxylation is 2. The van der Waals surface area contributed by atoms with Crippen LogP contribution < -0.4 is 10.5 Å². The zero-order chi connectivity index (χ0) is 12.3. The van der Waals surface area contributed by atoms with E-state index in [1.807, 2.05) is 26.0 Å². The summed E-state index contributed by atoms with van der Waals surface area (Å²) in [6, 6.07) is 7.74. The number of benzene rings is 1. The number of nitrogen functional groups attached to an aromatic ring is 1. The normalized spacial score (nSPS) is 10.2. The molecule has 2 rings (SSSR count). The highest BCUT2D eigenvalue weighted by Gasteiger charge is 2.02. The average molecular weight is 229 g/mol. The van der Waals surface area contributed by atoms with Gasteiger partial charge in [-0.1, -0.05) is 12.1 Å². The standard InChI is InChI=1S/C13H15N3O/c1-9-3-4-10(2)11(7-9)17-8-13-15-6-5-12(14)16-13/h3-7H,8H2,1-2H3,(H2,14,15,16). The van der Waals surface area contributed by atoms with Gasteiger partial charge in [-0.3, -0.25) is 0 Å². The van der Waals surface area contributed by atoms with Crippen molar-refractivity contribution in [2.75, 3.05) is 5.73 Å². The van der Waals surface area contributed by atoms with E-state index in [4.69, 9.17) is 10.5 Å². The van der Waals surface area contributed by atoms with Gasteiger partial charge in [0.05, 0.1) is 0 Å². The molecule has 1 heterocycles. The van der Waals surface area contributed by atoms with Crippen molar-refractivity contribution < 1.29 is 4.74 Å². The maximum atomic E-state index is 5.68. The second kappa shape index (κ2) is 4.82. The van der Waals surface area contributed by atoms with E-state index < -0.39 is 0 Å². The van der Waals surface area contributed by atoms with Crippen LogP contribution in [0.4, 0.5) is 5.82 Å². The highest BCUT2D eigenvalue weighted by Crippen LogP contribution is 2.19. The average Bonchev–Trinajstić information content (AvgIpc) is 2.30. The number of ether oxygens (including phenoxy) is 1. The molecule has 0 saturated heterocycles. The van der Waals surface area contributed by atoms with Gasteiger partial charge in [-0.15, -0.1) is 0 Å². The van der Waals surface area contributed by atoms with Crippen molar-refractivity contribution >= 4 is 5.82 Å². The van der Waals surface area contributed by atoms with Gasteiger partial charge >= 0.3 is 0 Å². The molecule has 0 radical (unpaired) electrons. The SMILES string of the molecule is Cc1ccc(C)c(OCc2nccc(N)n2)c1. The van der Waals surface area contributed by atoms with Crippen LogP contribution in [0.5, 0.6) is 5.75 Å². The first-order valence-corrected chi connectivity index (χ1v) is 5.42. The van der Waals surface area contributed by atoms with Crippen LogP contribution in [0.3, 0.4) is 0 Å². The smallest absolute Gasteiger partial charge is 0.168 e. The number of nitrogens with zero attached hydrogens (tertiary/aromatic N) is 2. The zero-order valence-corrected chi connectivity index (χ0v) is 9.97. The van der Waals surface area contributed by atoms with Gasteiger partial charge in [-0.2, -0.15) is 0 Å². The Morgan fingerprint density at radius 3 is 2.82 bits per heavy atom. The molecule has 4 heteroatoms. The van der Waals surface area contributed by atoms with Gasteiger partial charge in [0.25, 0.3) is 0 Å². The summed E-state index contributed by atoms with van der Waals surface area (Å²) in [6.45, 7) is 4.37. The molecule has 0 bridgehead atoms. The number of anilines is 1. The van der Waals surface area contributed by atoms with Crippen LogP contribution in [-0.2, 0) is 6.61 Å². The first-order valence-electron chi connectivity index (χ1n) is 5.42. The van der Waals surface area contributed by atoms with Crippen molar-refractivity contribution in [2.45, 2.75) is 20.5 Å². The molecule has 2 aromatic rings. The van der Waals surface area contributed by atoms with Crippen molar-refractivity contribution in [3.05, 3.63) is 47.4 Å². The first-order chi connectivity index (χ1) is 8.15. The molecule has 0 saturated carbocycles. The van der Waals surface area contributed by atoms with Gasteiger partial charge < -0.3 is 10.5 Å². The molecule has 0 atom stereocenters. The molecule has 17 heavy (non-hydrogen) atoms. The minimum atomic E-state index is 0.329. The van der Waals surface area contributed by atoms with Gasteiger partial charge in [0.2, 0.25) is 0 Å². The fourth-order valence-electron chi connectivity index (χ4n) is 1.49. The summed E-state index contributed by atoms with van der Waals surface area (Å²) < 4.78 is 5.68. The van der Waals surface area contributed by atoms with Crippen molar-refractivity contribution in [1.82, 2.24) is 9.97 Å². The number of nitrogens with two attached hydrogens (primary N) is 1. The maximum Gasteiger partial charge on any atom is 0.168 e. The van der Waals surface area contributed by atoms with E-state index in [1.54, 1.807) is 12.3 Å². The van der Waals surface area contributed by atoms with E-state index in [2.05, 4.69) is 16.0 Å². The third-order valence-electron chi connectivity index (χ3n) is 2.43. The minimum Gasteiger partial charge on any atom is -0.485 e. The molecule has 0 fully saturated rings. The van der Waals surface area contributed by atoms with Crippen LogP contribution in [0.1, 0.15) is 17.0 Å². The third-order valence-corrected chi connectivity index (χ3v) is 2.43. The summed E-state index contributed by atoms with van der Waals surface area (Å²) in [7, 11) is 0. The van der Waals surface area contributed by atoms with Gasteiger partial charge in [0.1, 0.15) is 18.2 Å². The van der Waals surface area contributed by atoms with Crippen molar-refractivity contribution in [2.24, 2.45) is 0 Å². The molecular formula is C13H15N3O. The fourth-order valence-corrected chi connectivity index (χ4v) is 1.49. The van der Waals surface area contributed by atoms with Gasteiger partial charge in [0, 0.05) is 6.20 Å². The lowest BCUT2D eigenvalue weighted by Gasteiger charge is -2.09. The predicted molar refractivity (Wildman–Crippen MR) is 66.7 cm³/mol. The van der Waals surface area contributed by atoms with Crippen LogP contribution in [0, 0.1) is 13.8 Å². The van der Waals surface area contributed by atoms with E-state index in [-0.39, 0.29) is 0 Å². The molecule has 0 aliphatic rings. The molecule has 0 unspecified atom stereocenters. The van der Waals surface area contributed by atoms with E-state index in [0.717, 1.165) is 11.3 Å². The summed E-state index contributed by atoms with van der Waals surface area (Å²) in [5.74, 6) is 1.90. The molecule has 2 N–H and O–H groups in total. The highest BCUT2D eigenvalue weighted by molar-refractivity contribution is 5.36. The Morgan fingerprint density at radius 1 is 1.24 bits per heavy atom. The third kappa shape index (κ3) is 2.93. The van der Waals surface area contributed by atoms with E-state index in [1.165, 1.54) is 5.56 Å². The van der Waals surface area contributed by atoms with Gasteiger partial charge in [0.15, 0.2) is 5.82 Å². The van der Waals surface area contributed by atoms with Crippen molar-refractivity contribution in [3.63, 3.8) is 0 Å². The summed E-state index contributed by atoms with van der Waals surface area (Å²) in [5.41, 5.74) is 7.84. The molecule has 1 aromatic heterocycles. The van der Waals surface area contributed by atoms with Crippen LogP contribution in [-0.4, -0.2) is 9.97 Å².